The van der Waals surface area contributed by atoms with Crippen molar-refractivity contribution in [1.82, 2.24) is 4.90 Å². The van der Waals surface area contributed by atoms with Crippen LogP contribution in [0.3, 0.4) is 0 Å². The molecule has 0 amide bonds. The molecule has 0 aliphatic carbocycles. The van der Waals surface area contributed by atoms with Crippen LogP contribution in [0.1, 0.15) is 17.2 Å². The normalized spacial score (nSPS) is 12.6. The maximum Gasteiger partial charge on any atom is 0.0628 e. The minimum absolute atomic E-state index is 0.0476. The highest BCUT2D eigenvalue weighted by molar-refractivity contribution is 5.20. The summed E-state index contributed by atoms with van der Waals surface area (Å²) in [6.07, 6.45) is 0. The topological polar surface area (TPSA) is 23.5 Å². The van der Waals surface area contributed by atoms with Crippen molar-refractivity contribution >= 4 is 0 Å². The Morgan fingerprint density at radius 2 is 1.50 bits per heavy atom. The zero-order valence-electron chi connectivity index (χ0n) is 10.7. The Morgan fingerprint density at radius 1 is 0.944 bits per heavy atom. The number of benzene rings is 2. The van der Waals surface area contributed by atoms with Crippen molar-refractivity contribution in [2.24, 2.45) is 0 Å². The van der Waals surface area contributed by atoms with Gasteiger partial charge in [0, 0.05) is 6.54 Å². The molecular weight excluding hydrogens is 222 g/mol. The van der Waals surface area contributed by atoms with Crippen molar-refractivity contribution in [2.75, 3.05) is 13.7 Å². The molecule has 0 spiro atoms. The summed E-state index contributed by atoms with van der Waals surface area (Å²) in [6.45, 7) is 0.967. The monoisotopic (exact) mass is 241 g/mol. The van der Waals surface area contributed by atoms with Crippen molar-refractivity contribution < 1.29 is 5.11 Å². The van der Waals surface area contributed by atoms with Crippen molar-refractivity contribution in [3.8, 4) is 0 Å². The summed E-state index contributed by atoms with van der Waals surface area (Å²) in [5.74, 6) is 0. The third kappa shape index (κ3) is 3.19. The van der Waals surface area contributed by atoms with E-state index >= 15 is 0 Å². The van der Waals surface area contributed by atoms with E-state index in [1.165, 1.54) is 5.56 Å². The molecular formula is C16H19NO. The molecule has 18 heavy (non-hydrogen) atoms. The quantitative estimate of drug-likeness (QED) is 0.870. The highest BCUT2D eigenvalue weighted by Gasteiger charge is 2.15. The minimum atomic E-state index is 0.0476. The first-order valence-electron chi connectivity index (χ1n) is 6.21. The van der Waals surface area contributed by atoms with Gasteiger partial charge in [0.05, 0.1) is 12.6 Å². The molecule has 2 nitrogen and oxygen atoms in total. The van der Waals surface area contributed by atoms with E-state index in [0.717, 1.165) is 12.1 Å². The van der Waals surface area contributed by atoms with Crippen LogP contribution < -0.4 is 0 Å². The van der Waals surface area contributed by atoms with Gasteiger partial charge in [-0.05, 0) is 18.2 Å². The first-order chi connectivity index (χ1) is 8.81. The summed E-state index contributed by atoms with van der Waals surface area (Å²) >= 11 is 0. The number of likely N-dealkylation sites (N-methyl/N-ethyl adjacent to an activating group) is 1. The molecule has 0 aliphatic rings. The lowest BCUT2D eigenvalue weighted by atomic mass is 10.1. The van der Waals surface area contributed by atoms with Gasteiger partial charge < -0.3 is 5.11 Å². The standard InChI is InChI=1S/C16H19NO/c1-17(12-14-8-4-2-5-9-14)16(13-18)15-10-6-3-7-11-15/h2-11,16,18H,12-13H2,1H3/t16-/m1/s1. The van der Waals surface area contributed by atoms with Crippen molar-refractivity contribution in [3.63, 3.8) is 0 Å². The predicted octanol–water partition coefficient (Wildman–Crippen LogP) is 2.85. The van der Waals surface area contributed by atoms with Crippen LogP contribution in [0.5, 0.6) is 0 Å². The van der Waals surface area contributed by atoms with Crippen LogP contribution >= 0.6 is 0 Å². The predicted molar refractivity (Wildman–Crippen MR) is 74.2 cm³/mol. The van der Waals surface area contributed by atoms with Gasteiger partial charge in [-0.3, -0.25) is 4.90 Å². The molecule has 0 bridgehead atoms. The van der Waals surface area contributed by atoms with Gasteiger partial charge in [-0.25, -0.2) is 0 Å². The molecule has 0 unspecified atom stereocenters. The second-order valence-electron chi connectivity index (χ2n) is 4.51. The van der Waals surface area contributed by atoms with E-state index in [4.69, 9.17) is 0 Å². The fraction of sp³-hybridized carbons (Fsp3) is 0.250. The molecule has 0 saturated carbocycles. The van der Waals surface area contributed by atoms with Crippen LogP contribution in [-0.2, 0) is 6.54 Å². The summed E-state index contributed by atoms with van der Waals surface area (Å²) in [7, 11) is 2.04. The average molecular weight is 241 g/mol. The van der Waals surface area contributed by atoms with Crippen LogP contribution in [0.4, 0.5) is 0 Å². The fourth-order valence-electron chi connectivity index (χ4n) is 2.16. The van der Waals surface area contributed by atoms with Crippen LogP contribution in [0.15, 0.2) is 60.7 Å². The Hall–Kier alpha value is -1.64. The van der Waals surface area contributed by atoms with E-state index in [-0.39, 0.29) is 12.6 Å². The molecule has 1 atom stereocenters. The van der Waals surface area contributed by atoms with E-state index in [1.54, 1.807) is 0 Å². The van der Waals surface area contributed by atoms with E-state index in [2.05, 4.69) is 29.2 Å². The van der Waals surface area contributed by atoms with Gasteiger partial charge in [0.15, 0.2) is 0 Å². The highest BCUT2D eigenvalue weighted by atomic mass is 16.3. The molecule has 0 fully saturated rings. The number of aliphatic hydroxyl groups is 1. The largest absolute Gasteiger partial charge is 0.394 e. The van der Waals surface area contributed by atoms with Gasteiger partial charge >= 0.3 is 0 Å². The van der Waals surface area contributed by atoms with Gasteiger partial charge in [-0.1, -0.05) is 60.7 Å². The van der Waals surface area contributed by atoms with E-state index < -0.39 is 0 Å². The lowest BCUT2D eigenvalue weighted by Crippen LogP contribution is -2.26. The lowest BCUT2D eigenvalue weighted by Gasteiger charge is -2.26. The van der Waals surface area contributed by atoms with Gasteiger partial charge in [-0.15, -0.1) is 0 Å². The van der Waals surface area contributed by atoms with Crippen LogP contribution in [-0.4, -0.2) is 23.7 Å². The number of aliphatic hydroxyl groups excluding tert-OH is 1. The lowest BCUT2D eigenvalue weighted by molar-refractivity contribution is 0.142. The molecule has 94 valence electrons. The summed E-state index contributed by atoms with van der Waals surface area (Å²) in [5, 5.41) is 9.59. The Bertz CT molecular complexity index is 455. The molecule has 0 radical (unpaired) electrons. The molecule has 2 aromatic carbocycles. The third-order valence-corrected chi connectivity index (χ3v) is 3.16. The Labute approximate surface area is 109 Å². The zero-order chi connectivity index (χ0) is 12.8. The Morgan fingerprint density at radius 3 is 2.06 bits per heavy atom. The first-order valence-corrected chi connectivity index (χ1v) is 6.21. The van der Waals surface area contributed by atoms with E-state index in [9.17, 15) is 5.11 Å². The molecule has 2 aromatic rings. The third-order valence-electron chi connectivity index (χ3n) is 3.16. The second-order valence-corrected chi connectivity index (χ2v) is 4.51. The fourth-order valence-corrected chi connectivity index (χ4v) is 2.16. The first kappa shape index (κ1) is 12.8. The maximum atomic E-state index is 9.59. The van der Waals surface area contributed by atoms with Gasteiger partial charge in [0.25, 0.3) is 0 Å². The number of hydrogen-bond donors (Lipinski definition) is 1. The SMILES string of the molecule is CN(Cc1ccccc1)[C@H](CO)c1ccccc1. The summed E-state index contributed by atoms with van der Waals surface area (Å²) in [4.78, 5) is 2.17. The zero-order valence-corrected chi connectivity index (χ0v) is 10.7. The number of nitrogens with zero attached hydrogens (tertiary/aromatic N) is 1. The Kier molecular flexibility index (Phi) is 4.51. The second kappa shape index (κ2) is 6.34. The van der Waals surface area contributed by atoms with Crippen molar-refractivity contribution in [1.29, 1.82) is 0 Å². The highest BCUT2D eigenvalue weighted by Crippen LogP contribution is 2.20. The molecule has 2 rings (SSSR count). The molecule has 1 N–H and O–H groups in total. The number of hydrogen-bond acceptors (Lipinski definition) is 2. The smallest absolute Gasteiger partial charge is 0.0628 e. The van der Waals surface area contributed by atoms with Gasteiger partial charge in [0.2, 0.25) is 0 Å². The molecule has 0 saturated heterocycles. The van der Waals surface area contributed by atoms with Crippen LogP contribution in [0.25, 0.3) is 0 Å². The Balaban J connectivity index is 2.09. The van der Waals surface area contributed by atoms with Crippen LogP contribution in [0, 0.1) is 0 Å². The minimum Gasteiger partial charge on any atom is -0.394 e. The molecule has 2 heteroatoms. The summed E-state index contributed by atoms with van der Waals surface area (Å²) in [6, 6.07) is 20.5. The molecule has 0 aliphatic heterocycles. The van der Waals surface area contributed by atoms with E-state index in [0.29, 0.717) is 0 Å². The molecule has 0 heterocycles. The number of rotatable bonds is 5. The van der Waals surface area contributed by atoms with Crippen LogP contribution in [0.2, 0.25) is 0 Å². The van der Waals surface area contributed by atoms with Crippen molar-refractivity contribution in [3.05, 3.63) is 71.8 Å². The maximum absolute atomic E-state index is 9.59. The molecule has 0 aromatic heterocycles. The van der Waals surface area contributed by atoms with E-state index in [1.807, 2.05) is 43.4 Å². The summed E-state index contributed by atoms with van der Waals surface area (Å²) < 4.78 is 0. The average Bonchev–Trinajstić information content (AvgIpc) is 2.42. The van der Waals surface area contributed by atoms with Crippen molar-refractivity contribution in [2.45, 2.75) is 12.6 Å². The summed E-state index contributed by atoms with van der Waals surface area (Å²) in [5.41, 5.74) is 2.41. The van der Waals surface area contributed by atoms with Gasteiger partial charge in [-0.2, -0.15) is 0 Å². The van der Waals surface area contributed by atoms with Gasteiger partial charge in [0.1, 0.15) is 0 Å².